The van der Waals surface area contributed by atoms with Crippen molar-refractivity contribution in [1.29, 1.82) is 0 Å². The van der Waals surface area contributed by atoms with Crippen molar-refractivity contribution in [2.75, 3.05) is 33.9 Å². The van der Waals surface area contributed by atoms with Crippen LogP contribution in [0.3, 0.4) is 0 Å². The summed E-state index contributed by atoms with van der Waals surface area (Å²) in [7, 11) is 3.84. The molecule has 20 heavy (non-hydrogen) atoms. The van der Waals surface area contributed by atoms with Gasteiger partial charge in [0.15, 0.2) is 0 Å². The zero-order chi connectivity index (χ0) is 13.2. The molecule has 4 heteroatoms. The number of rotatable bonds is 2. The lowest BCUT2D eigenvalue weighted by atomic mass is 10.0. The molecule has 1 atom stereocenters. The zero-order valence-electron chi connectivity index (χ0n) is 11.8. The van der Waals surface area contributed by atoms with Gasteiger partial charge in [-0.25, -0.2) is 0 Å². The number of benzene rings is 2. The summed E-state index contributed by atoms with van der Waals surface area (Å²) in [5.41, 5.74) is 1.25. The second-order valence-electron chi connectivity index (χ2n) is 5.09. The van der Waals surface area contributed by atoms with E-state index in [9.17, 15) is 0 Å². The molecule has 3 rings (SSSR count). The maximum Gasteiger partial charge on any atom is 0.119 e. The van der Waals surface area contributed by atoms with Crippen molar-refractivity contribution in [1.82, 2.24) is 4.90 Å². The molecule has 1 unspecified atom stereocenters. The van der Waals surface area contributed by atoms with Gasteiger partial charge in [-0.15, -0.1) is 12.4 Å². The summed E-state index contributed by atoms with van der Waals surface area (Å²) in [6.45, 7) is 2.78. The van der Waals surface area contributed by atoms with Gasteiger partial charge < -0.3 is 14.4 Å². The van der Waals surface area contributed by atoms with Crippen molar-refractivity contribution in [2.45, 2.75) is 6.10 Å². The van der Waals surface area contributed by atoms with Gasteiger partial charge in [0.2, 0.25) is 0 Å². The van der Waals surface area contributed by atoms with Gasteiger partial charge in [0.05, 0.1) is 19.8 Å². The van der Waals surface area contributed by atoms with Gasteiger partial charge in [0.25, 0.3) is 0 Å². The van der Waals surface area contributed by atoms with Crippen LogP contribution >= 0.6 is 12.4 Å². The number of halogens is 1. The standard InChI is InChI=1S/C16H19NO2.ClH/c1-17-7-8-19-16(11-17)14-4-3-13-10-15(18-2)6-5-12(13)9-14;/h3-6,9-10,16H,7-8,11H2,1-2H3;1H. The fourth-order valence-corrected chi connectivity index (χ4v) is 2.55. The molecule has 0 N–H and O–H groups in total. The van der Waals surface area contributed by atoms with Gasteiger partial charge >= 0.3 is 0 Å². The number of hydrogen-bond donors (Lipinski definition) is 0. The molecule has 0 radical (unpaired) electrons. The quantitative estimate of drug-likeness (QED) is 0.848. The second kappa shape index (κ2) is 6.44. The average Bonchev–Trinajstić information content (AvgIpc) is 2.46. The van der Waals surface area contributed by atoms with E-state index in [-0.39, 0.29) is 18.5 Å². The lowest BCUT2D eigenvalue weighted by Crippen LogP contribution is -2.35. The van der Waals surface area contributed by atoms with Crippen LogP contribution in [0.15, 0.2) is 36.4 Å². The van der Waals surface area contributed by atoms with Crippen LogP contribution in [0, 0.1) is 0 Å². The van der Waals surface area contributed by atoms with E-state index >= 15 is 0 Å². The molecule has 0 aliphatic carbocycles. The summed E-state index contributed by atoms with van der Waals surface area (Å²) in [6.07, 6.45) is 0.185. The van der Waals surface area contributed by atoms with Crippen molar-refractivity contribution in [2.24, 2.45) is 0 Å². The van der Waals surface area contributed by atoms with Crippen LogP contribution < -0.4 is 4.74 Å². The minimum atomic E-state index is 0. The van der Waals surface area contributed by atoms with E-state index in [0.29, 0.717) is 0 Å². The second-order valence-corrected chi connectivity index (χ2v) is 5.09. The summed E-state index contributed by atoms with van der Waals surface area (Å²) in [4.78, 5) is 2.31. The van der Waals surface area contributed by atoms with Crippen molar-refractivity contribution in [3.63, 3.8) is 0 Å². The average molecular weight is 294 g/mol. The summed E-state index contributed by atoms with van der Waals surface area (Å²) in [6, 6.07) is 12.7. The highest BCUT2D eigenvalue weighted by atomic mass is 35.5. The molecule has 3 nitrogen and oxygen atoms in total. The SMILES string of the molecule is COc1ccc2cc(C3CN(C)CCO3)ccc2c1.Cl. The molecule has 1 fully saturated rings. The van der Waals surface area contributed by atoms with Gasteiger partial charge in [-0.1, -0.05) is 18.2 Å². The highest BCUT2D eigenvalue weighted by Crippen LogP contribution is 2.27. The molecule has 1 saturated heterocycles. The number of ether oxygens (including phenoxy) is 2. The summed E-state index contributed by atoms with van der Waals surface area (Å²) < 4.78 is 11.1. The molecule has 1 aliphatic rings. The molecule has 0 bridgehead atoms. The van der Waals surface area contributed by atoms with E-state index in [0.717, 1.165) is 25.4 Å². The minimum absolute atomic E-state index is 0. The smallest absolute Gasteiger partial charge is 0.119 e. The molecule has 0 spiro atoms. The van der Waals surface area contributed by atoms with E-state index in [1.165, 1.54) is 16.3 Å². The van der Waals surface area contributed by atoms with Crippen molar-refractivity contribution >= 4 is 23.2 Å². The maximum atomic E-state index is 5.86. The lowest BCUT2D eigenvalue weighted by Gasteiger charge is -2.30. The summed E-state index contributed by atoms with van der Waals surface area (Å²) in [5.74, 6) is 0.897. The van der Waals surface area contributed by atoms with Crippen LogP contribution in [0.5, 0.6) is 5.75 Å². The van der Waals surface area contributed by atoms with E-state index in [1.807, 2.05) is 6.07 Å². The molecule has 2 aromatic carbocycles. The first-order valence-electron chi connectivity index (χ1n) is 6.64. The van der Waals surface area contributed by atoms with Crippen LogP contribution in [0.2, 0.25) is 0 Å². The lowest BCUT2D eigenvalue weighted by molar-refractivity contribution is -0.0208. The first kappa shape index (κ1) is 15.1. The van der Waals surface area contributed by atoms with Crippen LogP contribution in [-0.2, 0) is 4.74 Å². The van der Waals surface area contributed by atoms with Crippen molar-refractivity contribution < 1.29 is 9.47 Å². The van der Waals surface area contributed by atoms with Gasteiger partial charge in [-0.3, -0.25) is 0 Å². The number of methoxy groups -OCH3 is 1. The topological polar surface area (TPSA) is 21.7 Å². The molecule has 0 saturated carbocycles. The van der Waals surface area contributed by atoms with E-state index in [1.54, 1.807) is 7.11 Å². The maximum absolute atomic E-state index is 5.86. The van der Waals surface area contributed by atoms with Crippen LogP contribution in [0.4, 0.5) is 0 Å². The fraction of sp³-hybridized carbons (Fsp3) is 0.375. The third-order valence-corrected chi connectivity index (χ3v) is 3.71. The summed E-state index contributed by atoms with van der Waals surface area (Å²) >= 11 is 0. The van der Waals surface area contributed by atoms with Crippen LogP contribution in [0.25, 0.3) is 10.8 Å². The third-order valence-electron chi connectivity index (χ3n) is 3.71. The highest BCUT2D eigenvalue weighted by Gasteiger charge is 2.19. The van der Waals surface area contributed by atoms with E-state index < -0.39 is 0 Å². The molecule has 0 amide bonds. The highest BCUT2D eigenvalue weighted by molar-refractivity contribution is 5.85. The Labute approximate surface area is 125 Å². The molecular formula is C16H20ClNO2. The van der Waals surface area contributed by atoms with Crippen LogP contribution in [-0.4, -0.2) is 38.8 Å². The molecule has 1 aliphatic heterocycles. The Balaban J connectivity index is 0.00000147. The normalized spacial score (nSPS) is 19.6. The molecule has 0 aromatic heterocycles. The first-order valence-corrected chi connectivity index (χ1v) is 6.64. The largest absolute Gasteiger partial charge is 0.497 e. The Morgan fingerprint density at radius 3 is 2.65 bits per heavy atom. The summed E-state index contributed by atoms with van der Waals surface area (Å²) in [5, 5.41) is 2.43. The van der Waals surface area contributed by atoms with Crippen LogP contribution in [0.1, 0.15) is 11.7 Å². The van der Waals surface area contributed by atoms with Crippen molar-refractivity contribution in [3.8, 4) is 5.75 Å². The number of morpholine rings is 1. The predicted octanol–water partition coefficient (Wildman–Crippen LogP) is 3.27. The third kappa shape index (κ3) is 3.06. The predicted molar refractivity (Wildman–Crippen MR) is 83.9 cm³/mol. The minimum Gasteiger partial charge on any atom is -0.497 e. The fourth-order valence-electron chi connectivity index (χ4n) is 2.55. The number of fused-ring (bicyclic) bond motifs is 1. The monoisotopic (exact) mass is 293 g/mol. The first-order chi connectivity index (χ1) is 9.26. The van der Waals surface area contributed by atoms with Gasteiger partial charge in [0.1, 0.15) is 5.75 Å². The zero-order valence-corrected chi connectivity index (χ0v) is 12.7. The molecule has 1 heterocycles. The van der Waals surface area contributed by atoms with E-state index in [4.69, 9.17) is 9.47 Å². The number of nitrogens with zero attached hydrogens (tertiary/aromatic N) is 1. The molecule has 108 valence electrons. The molecule has 2 aromatic rings. The number of likely N-dealkylation sites (N-methyl/N-ethyl adjacent to an activating group) is 1. The Bertz CT molecular complexity index is 588. The van der Waals surface area contributed by atoms with Gasteiger partial charge in [-0.05, 0) is 41.6 Å². The Morgan fingerprint density at radius 1 is 1.15 bits per heavy atom. The number of hydrogen-bond acceptors (Lipinski definition) is 3. The molecular weight excluding hydrogens is 274 g/mol. The van der Waals surface area contributed by atoms with Gasteiger partial charge in [-0.2, -0.15) is 0 Å². The van der Waals surface area contributed by atoms with Gasteiger partial charge in [0, 0.05) is 13.1 Å². The van der Waals surface area contributed by atoms with Crippen molar-refractivity contribution in [3.05, 3.63) is 42.0 Å². The Kier molecular flexibility index (Phi) is 4.86. The van der Waals surface area contributed by atoms with E-state index in [2.05, 4.69) is 42.3 Å². The Morgan fingerprint density at radius 2 is 1.90 bits per heavy atom. The Hall–Kier alpha value is -1.29.